The molecular weight excluding hydrogens is 349 g/mol. The summed E-state index contributed by atoms with van der Waals surface area (Å²) in [6.07, 6.45) is 0. The average molecular weight is 351 g/mol. The van der Waals surface area contributed by atoms with E-state index < -0.39 is 16.7 Å². The van der Waals surface area contributed by atoms with Gasteiger partial charge in [0.1, 0.15) is 0 Å². The summed E-state index contributed by atoms with van der Waals surface area (Å²) in [5, 5.41) is 0. The van der Waals surface area contributed by atoms with Crippen LogP contribution in [0.1, 0.15) is 0 Å². The SMILES string of the molecule is [O-][S+](c1cc(Br)[c]c(Br)c1)C(F)(F)F. The molecule has 0 bridgehead atoms. The molecule has 0 aliphatic heterocycles. The smallest absolute Gasteiger partial charge is 0.578 e. The minimum atomic E-state index is -4.74. The summed E-state index contributed by atoms with van der Waals surface area (Å²) < 4.78 is 47.7. The third-order valence-electron chi connectivity index (χ3n) is 1.20. The molecular formula is C7H2Br2F3OS. The second kappa shape index (κ2) is 4.42. The molecule has 1 nitrogen and oxygen atoms in total. The highest BCUT2D eigenvalue weighted by molar-refractivity contribution is 9.11. The Bertz CT molecular complexity index is 322. The van der Waals surface area contributed by atoms with Gasteiger partial charge in [0.25, 0.3) is 0 Å². The quantitative estimate of drug-likeness (QED) is 0.709. The summed E-state index contributed by atoms with van der Waals surface area (Å²) >= 11 is 2.92. The third kappa shape index (κ3) is 3.15. The van der Waals surface area contributed by atoms with Crippen molar-refractivity contribution in [1.29, 1.82) is 0 Å². The topological polar surface area (TPSA) is 23.1 Å². The lowest BCUT2D eigenvalue weighted by atomic mass is 10.4. The van der Waals surface area contributed by atoms with Crippen molar-refractivity contribution >= 4 is 43.0 Å². The van der Waals surface area contributed by atoms with Gasteiger partial charge in [-0.15, -0.1) is 13.2 Å². The van der Waals surface area contributed by atoms with Crippen LogP contribution in [-0.2, 0) is 11.2 Å². The number of hydrogen-bond donors (Lipinski definition) is 0. The number of rotatable bonds is 1. The van der Waals surface area contributed by atoms with Gasteiger partial charge in [0.15, 0.2) is 4.90 Å². The summed E-state index contributed by atoms with van der Waals surface area (Å²) in [6, 6.07) is 4.89. The first-order valence-electron chi connectivity index (χ1n) is 3.17. The molecule has 0 aliphatic rings. The molecule has 0 aromatic heterocycles. The van der Waals surface area contributed by atoms with Crippen LogP contribution in [0, 0.1) is 6.07 Å². The second-order valence-corrected chi connectivity index (χ2v) is 5.41. The molecule has 0 saturated heterocycles. The molecule has 0 saturated carbocycles. The zero-order chi connectivity index (χ0) is 10.9. The molecule has 0 aliphatic carbocycles. The molecule has 1 radical (unpaired) electrons. The predicted molar refractivity (Wildman–Crippen MR) is 53.1 cm³/mol. The fraction of sp³-hybridized carbons (Fsp3) is 0.143. The maximum atomic E-state index is 12.1. The molecule has 1 rings (SSSR count). The standard InChI is InChI=1S/C7H2Br2F3OS/c8-4-1-5(9)3-6(2-4)14(13)7(10,11)12/h2-3H. The molecule has 14 heavy (non-hydrogen) atoms. The number of hydrogen-bond acceptors (Lipinski definition) is 1. The van der Waals surface area contributed by atoms with Gasteiger partial charge in [0, 0.05) is 27.1 Å². The van der Waals surface area contributed by atoms with Gasteiger partial charge in [-0.3, -0.25) is 0 Å². The van der Waals surface area contributed by atoms with Crippen LogP contribution >= 0.6 is 31.9 Å². The van der Waals surface area contributed by atoms with Crippen LogP contribution in [0.15, 0.2) is 26.0 Å². The van der Waals surface area contributed by atoms with Crippen molar-refractivity contribution in [2.24, 2.45) is 0 Å². The second-order valence-electron chi connectivity index (χ2n) is 2.23. The van der Waals surface area contributed by atoms with Crippen LogP contribution in [0.4, 0.5) is 13.2 Å². The van der Waals surface area contributed by atoms with Crippen LogP contribution in [0.5, 0.6) is 0 Å². The van der Waals surface area contributed by atoms with Crippen molar-refractivity contribution in [3.05, 3.63) is 27.1 Å². The molecule has 0 fully saturated rings. The highest BCUT2D eigenvalue weighted by Gasteiger charge is 2.46. The van der Waals surface area contributed by atoms with Gasteiger partial charge >= 0.3 is 5.51 Å². The number of benzene rings is 1. The van der Waals surface area contributed by atoms with Gasteiger partial charge < -0.3 is 4.55 Å². The Morgan fingerprint density at radius 3 is 2.00 bits per heavy atom. The molecule has 1 unspecified atom stereocenters. The summed E-state index contributed by atoms with van der Waals surface area (Å²) in [4.78, 5) is -0.310. The van der Waals surface area contributed by atoms with E-state index in [1.165, 1.54) is 0 Å². The van der Waals surface area contributed by atoms with Crippen molar-refractivity contribution in [2.75, 3.05) is 0 Å². The van der Waals surface area contributed by atoms with Gasteiger partial charge in [-0.1, -0.05) is 0 Å². The Kier molecular flexibility index (Phi) is 3.90. The normalized spacial score (nSPS) is 14.1. The first-order chi connectivity index (χ1) is 6.30. The average Bonchev–Trinajstić information content (AvgIpc) is 1.99. The van der Waals surface area contributed by atoms with Crippen molar-refractivity contribution in [3.63, 3.8) is 0 Å². The first-order valence-corrected chi connectivity index (χ1v) is 5.91. The zero-order valence-electron chi connectivity index (χ0n) is 6.36. The van der Waals surface area contributed by atoms with E-state index in [1.807, 2.05) is 0 Å². The van der Waals surface area contributed by atoms with Gasteiger partial charge in [0.05, 0.1) is 11.2 Å². The number of halogens is 5. The fourth-order valence-corrected chi connectivity index (χ4v) is 2.92. The molecule has 0 N–H and O–H groups in total. The molecule has 0 amide bonds. The molecule has 0 spiro atoms. The number of alkyl halides is 3. The van der Waals surface area contributed by atoms with Crippen LogP contribution in [-0.4, -0.2) is 10.1 Å². The zero-order valence-corrected chi connectivity index (χ0v) is 10.3. The lowest BCUT2D eigenvalue weighted by Gasteiger charge is -2.12. The monoisotopic (exact) mass is 349 g/mol. The van der Waals surface area contributed by atoms with Gasteiger partial charge in [-0.25, -0.2) is 0 Å². The van der Waals surface area contributed by atoms with E-state index in [9.17, 15) is 17.7 Å². The van der Waals surface area contributed by atoms with Crippen molar-refractivity contribution in [3.8, 4) is 0 Å². The Morgan fingerprint density at radius 2 is 1.64 bits per heavy atom. The Balaban J connectivity index is 3.07. The molecule has 0 heterocycles. The van der Waals surface area contributed by atoms with E-state index in [4.69, 9.17) is 0 Å². The lowest BCUT2D eigenvalue weighted by Crippen LogP contribution is -2.23. The molecule has 7 heteroatoms. The molecule has 1 atom stereocenters. The molecule has 1 aromatic rings. The van der Waals surface area contributed by atoms with Crippen LogP contribution in [0.2, 0.25) is 0 Å². The summed E-state index contributed by atoms with van der Waals surface area (Å²) in [5.74, 6) is 0. The van der Waals surface area contributed by atoms with E-state index in [0.717, 1.165) is 12.1 Å². The fourth-order valence-electron chi connectivity index (χ4n) is 0.718. The lowest BCUT2D eigenvalue weighted by molar-refractivity contribution is -0.0435. The van der Waals surface area contributed by atoms with E-state index in [0.29, 0.717) is 8.95 Å². The van der Waals surface area contributed by atoms with Crippen molar-refractivity contribution in [1.82, 2.24) is 0 Å². The van der Waals surface area contributed by atoms with Crippen LogP contribution in [0.3, 0.4) is 0 Å². The van der Waals surface area contributed by atoms with E-state index in [2.05, 4.69) is 37.9 Å². The summed E-state index contributed by atoms with van der Waals surface area (Å²) in [5.41, 5.74) is -4.74. The van der Waals surface area contributed by atoms with E-state index in [-0.39, 0.29) is 4.90 Å². The van der Waals surface area contributed by atoms with Crippen molar-refractivity contribution in [2.45, 2.75) is 10.4 Å². The minimum absolute atomic E-state index is 0.310. The van der Waals surface area contributed by atoms with Gasteiger partial charge in [0.2, 0.25) is 0 Å². The maximum Gasteiger partial charge on any atom is 0.578 e. The first kappa shape index (κ1) is 12.4. The Labute approximate surface area is 98.1 Å². The highest BCUT2D eigenvalue weighted by atomic mass is 79.9. The third-order valence-corrected chi connectivity index (χ3v) is 3.14. The largest absolute Gasteiger partial charge is 0.604 e. The highest BCUT2D eigenvalue weighted by Crippen LogP contribution is 2.32. The molecule has 1 aromatic carbocycles. The molecule has 77 valence electrons. The van der Waals surface area contributed by atoms with Crippen LogP contribution in [0.25, 0.3) is 0 Å². The van der Waals surface area contributed by atoms with E-state index in [1.54, 1.807) is 0 Å². The summed E-state index contributed by atoms with van der Waals surface area (Å²) in [6.45, 7) is 0. The maximum absolute atomic E-state index is 12.1. The van der Waals surface area contributed by atoms with Crippen molar-refractivity contribution < 1.29 is 17.7 Å². The van der Waals surface area contributed by atoms with Crippen LogP contribution < -0.4 is 0 Å². The summed E-state index contributed by atoms with van der Waals surface area (Å²) in [7, 11) is 0. The van der Waals surface area contributed by atoms with Gasteiger partial charge in [-0.2, -0.15) is 0 Å². The van der Waals surface area contributed by atoms with E-state index >= 15 is 0 Å². The Morgan fingerprint density at radius 1 is 1.21 bits per heavy atom. The predicted octanol–water partition coefficient (Wildman–Crippen LogP) is 3.64. The Hall–Kier alpha value is 0.280. The van der Waals surface area contributed by atoms with Gasteiger partial charge in [-0.05, 0) is 31.9 Å². The minimum Gasteiger partial charge on any atom is -0.604 e.